The van der Waals surface area contributed by atoms with Crippen LogP contribution in [0, 0.1) is 0 Å². The molecule has 172 valence electrons. The number of aldehydes is 1. The topological polar surface area (TPSA) is 98.5 Å². The summed E-state index contributed by atoms with van der Waals surface area (Å²) in [6, 6.07) is 9.78. The summed E-state index contributed by atoms with van der Waals surface area (Å²) in [5.41, 5.74) is 1.58. The van der Waals surface area contributed by atoms with Gasteiger partial charge in [-0.15, -0.1) is 16.4 Å². The highest BCUT2D eigenvalue weighted by atomic mass is 32.1. The monoisotopic (exact) mass is 467 g/mol. The summed E-state index contributed by atoms with van der Waals surface area (Å²) in [6.07, 6.45) is 3.28. The maximum atomic E-state index is 11.1. The smallest absolute Gasteiger partial charge is 0.181 e. The molecule has 11 heteroatoms. The lowest BCUT2D eigenvalue weighted by Crippen LogP contribution is -2.53. The van der Waals surface area contributed by atoms with E-state index in [1.165, 1.54) is 4.85 Å². The molecule has 4 heterocycles. The number of ether oxygens (including phenoxy) is 1. The fourth-order valence-corrected chi connectivity index (χ4v) is 5.10. The van der Waals surface area contributed by atoms with Gasteiger partial charge in [-0.05, 0) is 23.4 Å². The molecule has 1 fully saturated rings. The van der Waals surface area contributed by atoms with Crippen molar-refractivity contribution in [1.82, 2.24) is 30.0 Å². The van der Waals surface area contributed by atoms with Gasteiger partial charge in [0.15, 0.2) is 6.23 Å². The minimum atomic E-state index is -0.276. The van der Waals surface area contributed by atoms with Gasteiger partial charge in [0, 0.05) is 51.0 Å². The first-order chi connectivity index (χ1) is 16.3. The van der Waals surface area contributed by atoms with Crippen molar-refractivity contribution in [2.75, 3.05) is 38.2 Å². The van der Waals surface area contributed by atoms with Crippen molar-refractivity contribution >= 4 is 44.7 Å². The van der Waals surface area contributed by atoms with Gasteiger partial charge in [-0.2, -0.15) is 0 Å². The SMILES string of the molecule is COCc1cc2c(N3CCN(C(CCC=O)On4nnc5ccccc54)CC3)ncnc2s1. The zero-order chi connectivity index (χ0) is 22.6. The first-order valence-electron chi connectivity index (χ1n) is 10.9. The molecule has 0 bridgehead atoms. The highest BCUT2D eigenvalue weighted by Gasteiger charge is 2.28. The van der Waals surface area contributed by atoms with Crippen LogP contribution in [0.25, 0.3) is 21.3 Å². The number of para-hydroxylation sites is 1. The normalized spacial score (nSPS) is 15.8. The van der Waals surface area contributed by atoms with E-state index in [1.807, 2.05) is 24.3 Å². The number of benzene rings is 1. The molecule has 3 aromatic heterocycles. The van der Waals surface area contributed by atoms with Gasteiger partial charge >= 0.3 is 0 Å². The van der Waals surface area contributed by atoms with E-state index < -0.39 is 0 Å². The largest absolute Gasteiger partial charge is 0.379 e. The Morgan fingerprint density at radius 1 is 1.18 bits per heavy atom. The molecule has 10 nitrogen and oxygen atoms in total. The van der Waals surface area contributed by atoms with Crippen molar-refractivity contribution in [2.24, 2.45) is 0 Å². The Morgan fingerprint density at radius 3 is 2.85 bits per heavy atom. The maximum absolute atomic E-state index is 11.1. The van der Waals surface area contributed by atoms with Crippen LogP contribution in [-0.4, -0.2) is 75.8 Å². The molecule has 0 amide bonds. The second-order valence-corrected chi connectivity index (χ2v) is 8.96. The van der Waals surface area contributed by atoms with Crippen molar-refractivity contribution in [3.63, 3.8) is 0 Å². The number of methoxy groups -OCH3 is 1. The number of carbonyl (C=O) groups is 1. The number of carbonyl (C=O) groups excluding carboxylic acids is 1. The van der Waals surface area contributed by atoms with Crippen molar-refractivity contribution in [3.8, 4) is 0 Å². The van der Waals surface area contributed by atoms with E-state index in [2.05, 4.69) is 36.1 Å². The number of hydrogen-bond acceptors (Lipinski definition) is 10. The molecule has 1 saturated heterocycles. The standard InChI is InChI=1S/C22H25N7O3S/c1-31-14-16-13-17-21(23-15-24-22(17)33-16)28-10-8-27(9-11-28)20(7-4-12-30)32-29-19-6-3-2-5-18(19)25-26-29/h2-3,5-6,12-13,15,20H,4,7-11,14H2,1H3. The molecule has 0 N–H and O–H groups in total. The van der Waals surface area contributed by atoms with E-state index in [4.69, 9.17) is 9.57 Å². The van der Waals surface area contributed by atoms with Gasteiger partial charge < -0.3 is 19.3 Å². The summed E-state index contributed by atoms with van der Waals surface area (Å²) in [5, 5.41) is 9.37. The van der Waals surface area contributed by atoms with Crippen molar-refractivity contribution in [2.45, 2.75) is 25.7 Å². The number of anilines is 1. The third kappa shape index (κ3) is 4.52. The Morgan fingerprint density at radius 2 is 2.03 bits per heavy atom. The Balaban J connectivity index is 1.31. The molecule has 1 unspecified atom stereocenters. The molecular weight excluding hydrogens is 442 g/mol. The number of hydrogen-bond donors (Lipinski definition) is 0. The molecule has 0 saturated carbocycles. The van der Waals surface area contributed by atoms with Crippen LogP contribution in [-0.2, 0) is 16.1 Å². The second-order valence-electron chi connectivity index (χ2n) is 7.84. The summed E-state index contributed by atoms with van der Waals surface area (Å²) in [5.74, 6) is 0.950. The molecule has 1 aliphatic heterocycles. The van der Waals surface area contributed by atoms with Crippen molar-refractivity contribution in [3.05, 3.63) is 41.5 Å². The first-order valence-corrected chi connectivity index (χ1v) is 11.7. The molecule has 5 rings (SSSR count). The van der Waals surface area contributed by atoms with Crippen LogP contribution in [0.3, 0.4) is 0 Å². The predicted octanol–water partition coefficient (Wildman–Crippen LogP) is 2.14. The van der Waals surface area contributed by atoms with E-state index in [0.29, 0.717) is 19.4 Å². The van der Waals surface area contributed by atoms with Crippen LogP contribution in [0.5, 0.6) is 0 Å². The third-order valence-corrected chi connectivity index (χ3v) is 6.76. The molecular formula is C22H25N7O3S. The molecule has 0 aliphatic carbocycles. The molecule has 4 aromatic rings. The van der Waals surface area contributed by atoms with Gasteiger partial charge in [-0.25, -0.2) is 9.97 Å². The molecule has 1 aliphatic rings. The van der Waals surface area contributed by atoms with Gasteiger partial charge in [0.2, 0.25) is 0 Å². The lowest BCUT2D eigenvalue weighted by molar-refractivity contribution is -0.111. The van der Waals surface area contributed by atoms with Crippen LogP contribution in [0.4, 0.5) is 5.82 Å². The third-order valence-electron chi connectivity index (χ3n) is 5.74. The summed E-state index contributed by atoms with van der Waals surface area (Å²) >= 11 is 1.64. The summed E-state index contributed by atoms with van der Waals surface area (Å²) < 4.78 is 5.28. The van der Waals surface area contributed by atoms with Gasteiger partial charge in [-0.1, -0.05) is 17.0 Å². The molecule has 1 aromatic carbocycles. The van der Waals surface area contributed by atoms with Gasteiger partial charge in [0.25, 0.3) is 0 Å². The Hall–Kier alpha value is -3.15. The van der Waals surface area contributed by atoms with Crippen LogP contribution in [0.15, 0.2) is 36.7 Å². The first kappa shape index (κ1) is 21.7. The van der Waals surface area contributed by atoms with Gasteiger partial charge in [0.1, 0.15) is 34.3 Å². The van der Waals surface area contributed by atoms with E-state index in [-0.39, 0.29) is 6.23 Å². The average molecular weight is 468 g/mol. The second kappa shape index (κ2) is 9.77. The minimum absolute atomic E-state index is 0.276. The molecule has 0 spiro atoms. The van der Waals surface area contributed by atoms with Crippen LogP contribution >= 0.6 is 11.3 Å². The number of fused-ring (bicyclic) bond motifs is 2. The molecule has 33 heavy (non-hydrogen) atoms. The van der Waals surface area contributed by atoms with Crippen LogP contribution < -0.4 is 9.74 Å². The Kier molecular flexibility index (Phi) is 6.42. The Labute approximate surface area is 194 Å². The van der Waals surface area contributed by atoms with E-state index in [1.54, 1.807) is 24.8 Å². The summed E-state index contributed by atoms with van der Waals surface area (Å²) in [7, 11) is 1.70. The van der Waals surface area contributed by atoms with Crippen LogP contribution in [0.1, 0.15) is 17.7 Å². The Bertz CT molecular complexity index is 1240. The zero-order valence-electron chi connectivity index (χ0n) is 18.3. The lowest BCUT2D eigenvalue weighted by Gasteiger charge is -2.39. The predicted molar refractivity (Wildman–Crippen MR) is 125 cm³/mol. The van der Waals surface area contributed by atoms with Gasteiger partial charge in [-0.3, -0.25) is 4.90 Å². The molecule has 0 radical (unpaired) electrons. The summed E-state index contributed by atoms with van der Waals surface area (Å²) in [4.78, 5) is 34.4. The minimum Gasteiger partial charge on any atom is -0.379 e. The molecule has 1 atom stereocenters. The summed E-state index contributed by atoms with van der Waals surface area (Å²) in [6.45, 7) is 3.70. The van der Waals surface area contributed by atoms with Crippen molar-refractivity contribution in [1.29, 1.82) is 0 Å². The van der Waals surface area contributed by atoms with Gasteiger partial charge in [0.05, 0.1) is 12.0 Å². The maximum Gasteiger partial charge on any atom is 0.181 e. The van der Waals surface area contributed by atoms with Crippen LogP contribution in [0.2, 0.25) is 0 Å². The van der Waals surface area contributed by atoms with E-state index in [0.717, 1.165) is 64.4 Å². The zero-order valence-corrected chi connectivity index (χ0v) is 19.1. The number of thiophene rings is 1. The number of nitrogens with zero attached hydrogens (tertiary/aromatic N) is 7. The quantitative estimate of drug-likeness (QED) is 0.343. The number of piperazine rings is 1. The number of rotatable bonds is 9. The lowest BCUT2D eigenvalue weighted by atomic mass is 10.2. The van der Waals surface area contributed by atoms with E-state index in [9.17, 15) is 4.79 Å². The van der Waals surface area contributed by atoms with Crippen molar-refractivity contribution < 1.29 is 14.4 Å². The highest BCUT2D eigenvalue weighted by molar-refractivity contribution is 7.18. The fourth-order valence-electron chi connectivity index (χ4n) is 4.13. The fraction of sp³-hybridized carbons (Fsp3) is 0.409. The van der Waals surface area contributed by atoms with E-state index >= 15 is 0 Å². The average Bonchev–Trinajstić information content (AvgIpc) is 3.46. The number of aromatic nitrogens is 5. The highest BCUT2D eigenvalue weighted by Crippen LogP contribution is 2.31.